The Kier molecular flexibility index (Phi) is 6.41. The molecule has 0 aliphatic carbocycles. The molecule has 0 spiro atoms. The van der Waals surface area contributed by atoms with Crippen molar-refractivity contribution in [3.05, 3.63) is 47.1 Å². The molecule has 0 bridgehead atoms. The SMILES string of the molecule is CN(Cc1cccc(C#N)c1)Cc1nc(C(C)(C)NC(=O)OC(C)(C)C)no1. The van der Waals surface area contributed by atoms with E-state index in [1.54, 1.807) is 40.7 Å². The highest BCUT2D eigenvalue weighted by Crippen LogP contribution is 2.19. The average Bonchev–Trinajstić information content (AvgIpc) is 3.01. The van der Waals surface area contributed by atoms with Gasteiger partial charge in [-0.1, -0.05) is 17.3 Å². The van der Waals surface area contributed by atoms with Crippen LogP contribution in [0.3, 0.4) is 0 Å². The number of hydrogen-bond donors (Lipinski definition) is 1. The number of carbonyl (C=O) groups excluding carboxylic acids is 1. The predicted molar refractivity (Wildman–Crippen MR) is 103 cm³/mol. The lowest BCUT2D eigenvalue weighted by atomic mass is 10.1. The molecule has 1 aromatic carbocycles. The third kappa shape index (κ3) is 6.35. The lowest BCUT2D eigenvalue weighted by molar-refractivity contribution is 0.0465. The molecule has 2 rings (SSSR count). The van der Waals surface area contributed by atoms with Crippen molar-refractivity contribution < 1.29 is 14.1 Å². The van der Waals surface area contributed by atoms with E-state index in [0.717, 1.165) is 5.56 Å². The smallest absolute Gasteiger partial charge is 0.408 e. The number of benzene rings is 1. The van der Waals surface area contributed by atoms with E-state index in [4.69, 9.17) is 14.5 Å². The van der Waals surface area contributed by atoms with Crippen LogP contribution in [0.15, 0.2) is 28.8 Å². The van der Waals surface area contributed by atoms with Crippen LogP contribution in [0.2, 0.25) is 0 Å². The molecular formula is C20H27N5O3. The van der Waals surface area contributed by atoms with Crippen molar-refractivity contribution in [1.82, 2.24) is 20.4 Å². The molecular weight excluding hydrogens is 358 g/mol. The molecule has 28 heavy (non-hydrogen) atoms. The van der Waals surface area contributed by atoms with Crippen LogP contribution in [0.25, 0.3) is 0 Å². The van der Waals surface area contributed by atoms with Crippen LogP contribution in [-0.2, 0) is 23.4 Å². The van der Waals surface area contributed by atoms with Gasteiger partial charge in [-0.3, -0.25) is 4.90 Å². The standard InChI is InChI=1S/C20H27N5O3/c1-19(2,3)27-18(26)23-20(4,5)17-22-16(28-24-17)13-25(6)12-15-9-7-8-14(10-15)11-21/h7-10H,12-13H2,1-6H3,(H,23,26). The second-order valence-electron chi connectivity index (χ2n) is 8.25. The molecule has 0 saturated carbocycles. The molecule has 8 heteroatoms. The molecule has 1 N–H and O–H groups in total. The van der Waals surface area contributed by atoms with Crippen molar-refractivity contribution in [2.45, 2.75) is 58.8 Å². The van der Waals surface area contributed by atoms with Gasteiger partial charge in [-0.05, 0) is 59.4 Å². The minimum atomic E-state index is -0.843. The third-order valence-corrected chi connectivity index (χ3v) is 3.75. The first-order valence-electron chi connectivity index (χ1n) is 9.00. The highest BCUT2D eigenvalue weighted by Gasteiger charge is 2.31. The van der Waals surface area contributed by atoms with Gasteiger partial charge >= 0.3 is 6.09 Å². The number of nitriles is 1. The Labute approximate surface area is 165 Å². The van der Waals surface area contributed by atoms with Crippen molar-refractivity contribution in [2.75, 3.05) is 7.05 Å². The largest absolute Gasteiger partial charge is 0.444 e. The zero-order valence-electron chi connectivity index (χ0n) is 17.2. The number of hydrogen-bond acceptors (Lipinski definition) is 7. The van der Waals surface area contributed by atoms with E-state index in [0.29, 0.717) is 30.4 Å². The maximum absolute atomic E-state index is 12.0. The Morgan fingerprint density at radius 1 is 1.29 bits per heavy atom. The predicted octanol–water partition coefficient (Wildman–Crippen LogP) is 3.33. The summed E-state index contributed by atoms with van der Waals surface area (Å²) in [5.41, 5.74) is 0.215. The molecule has 1 amide bonds. The Balaban J connectivity index is 1.98. The van der Waals surface area contributed by atoms with E-state index in [-0.39, 0.29) is 0 Å². The maximum Gasteiger partial charge on any atom is 0.408 e. The Morgan fingerprint density at radius 3 is 2.64 bits per heavy atom. The number of aromatic nitrogens is 2. The molecule has 0 aliphatic rings. The van der Waals surface area contributed by atoms with E-state index < -0.39 is 17.2 Å². The van der Waals surface area contributed by atoms with Gasteiger partial charge < -0.3 is 14.6 Å². The fourth-order valence-corrected chi connectivity index (χ4v) is 2.53. The molecule has 8 nitrogen and oxygen atoms in total. The van der Waals surface area contributed by atoms with Gasteiger partial charge in [-0.2, -0.15) is 10.2 Å². The van der Waals surface area contributed by atoms with E-state index in [1.165, 1.54) is 0 Å². The van der Waals surface area contributed by atoms with Crippen LogP contribution in [0.1, 0.15) is 57.5 Å². The maximum atomic E-state index is 12.0. The van der Waals surface area contributed by atoms with E-state index in [9.17, 15) is 4.79 Å². The second kappa shape index (κ2) is 8.40. The quantitative estimate of drug-likeness (QED) is 0.813. The van der Waals surface area contributed by atoms with Crippen molar-refractivity contribution in [1.29, 1.82) is 5.26 Å². The fraction of sp³-hybridized carbons (Fsp3) is 0.500. The normalized spacial score (nSPS) is 11.9. The molecule has 0 fully saturated rings. The summed E-state index contributed by atoms with van der Waals surface area (Å²) < 4.78 is 10.6. The number of ether oxygens (including phenoxy) is 1. The molecule has 150 valence electrons. The topological polar surface area (TPSA) is 104 Å². The van der Waals surface area contributed by atoms with Gasteiger partial charge in [-0.25, -0.2) is 4.79 Å². The average molecular weight is 385 g/mol. The monoisotopic (exact) mass is 385 g/mol. The Bertz CT molecular complexity index is 861. The molecule has 2 aromatic rings. The van der Waals surface area contributed by atoms with Crippen LogP contribution in [0.4, 0.5) is 4.79 Å². The summed E-state index contributed by atoms with van der Waals surface area (Å²) >= 11 is 0. The third-order valence-electron chi connectivity index (χ3n) is 3.75. The van der Waals surface area contributed by atoms with Crippen LogP contribution in [-0.4, -0.2) is 33.8 Å². The summed E-state index contributed by atoms with van der Waals surface area (Å²) in [6.07, 6.45) is -0.543. The summed E-state index contributed by atoms with van der Waals surface area (Å²) in [5, 5.41) is 15.8. The molecule has 0 unspecified atom stereocenters. The van der Waals surface area contributed by atoms with E-state index in [1.807, 2.05) is 30.1 Å². The van der Waals surface area contributed by atoms with E-state index in [2.05, 4.69) is 21.5 Å². The number of rotatable bonds is 6. The molecule has 1 heterocycles. The van der Waals surface area contributed by atoms with E-state index >= 15 is 0 Å². The number of alkyl carbamates (subject to hydrolysis) is 1. The summed E-state index contributed by atoms with van der Waals surface area (Å²) in [4.78, 5) is 18.4. The summed E-state index contributed by atoms with van der Waals surface area (Å²) in [5.74, 6) is 0.807. The number of carbonyl (C=O) groups is 1. The van der Waals surface area contributed by atoms with Gasteiger partial charge in [-0.15, -0.1) is 0 Å². The van der Waals surface area contributed by atoms with Crippen LogP contribution in [0, 0.1) is 11.3 Å². The summed E-state index contributed by atoms with van der Waals surface area (Å²) in [7, 11) is 1.92. The van der Waals surface area contributed by atoms with Gasteiger partial charge in [0.05, 0.1) is 18.2 Å². The molecule has 0 aliphatic heterocycles. The van der Waals surface area contributed by atoms with Gasteiger partial charge in [0, 0.05) is 6.54 Å². The van der Waals surface area contributed by atoms with Gasteiger partial charge in [0.2, 0.25) is 5.89 Å². The first-order valence-corrected chi connectivity index (χ1v) is 9.00. The Morgan fingerprint density at radius 2 is 2.00 bits per heavy atom. The highest BCUT2D eigenvalue weighted by molar-refractivity contribution is 5.68. The zero-order chi connectivity index (χ0) is 20.9. The molecule has 0 saturated heterocycles. The second-order valence-corrected chi connectivity index (χ2v) is 8.25. The summed E-state index contributed by atoms with van der Waals surface area (Å²) in [6, 6.07) is 9.58. The number of nitrogens with zero attached hydrogens (tertiary/aromatic N) is 4. The van der Waals surface area contributed by atoms with Crippen molar-refractivity contribution >= 4 is 6.09 Å². The van der Waals surface area contributed by atoms with Crippen molar-refractivity contribution in [3.63, 3.8) is 0 Å². The highest BCUT2D eigenvalue weighted by atomic mass is 16.6. The van der Waals surface area contributed by atoms with Crippen LogP contribution < -0.4 is 5.32 Å². The fourth-order valence-electron chi connectivity index (χ4n) is 2.53. The van der Waals surface area contributed by atoms with Gasteiger partial charge in [0.15, 0.2) is 5.82 Å². The molecule has 0 radical (unpaired) electrons. The van der Waals surface area contributed by atoms with Crippen LogP contribution >= 0.6 is 0 Å². The zero-order valence-corrected chi connectivity index (χ0v) is 17.2. The molecule has 0 atom stereocenters. The van der Waals surface area contributed by atoms with Crippen molar-refractivity contribution in [2.24, 2.45) is 0 Å². The summed E-state index contributed by atoms with van der Waals surface area (Å²) in [6.45, 7) is 10.0. The number of nitrogens with one attached hydrogen (secondary N) is 1. The van der Waals surface area contributed by atoms with Gasteiger partial charge in [0.1, 0.15) is 11.1 Å². The lowest BCUT2D eigenvalue weighted by Crippen LogP contribution is -2.44. The molecule has 1 aromatic heterocycles. The minimum Gasteiger partial charge on any atom is -0.444 e. The van der Waals surface area contributed by atoms with Gasteiger partial charge in [0.25, 0.3) is 0 Å². The van der Waals surface area contributed by atoms with Crippen LogP contribution in [0.5, 0.6) is 0 Å². The first-order chi connectivity index (χ1) is 13.0. The Hall–Kier alpha value is -2.92. The minimum absolute atomic E-state index is 0.369. The lowest BCUT2D eigenvalue weighted by Gasteiger charge is -2.26. The number of amides is 1. The first kappa shape index (κ1) is 21.4. The van der Waals surface area contributed by atoms with Crippen molar-refractivity contribution in [3.8, 4) is 6.07 Å².